The van der Waals surface area contributed by atoms with Gasteiger partial charge in [-0.25, -0.2) is 0 Å². The van der Waals surface area contributed by atoms with Gasteiger partial charge >= 0.3 is 5.97 Å². The van der Waals surface area contributed by atoms with Crippen LogP contribution >= 0.6 is 0 Å². The van der Waals surface area contributed by atoms with Gasteiger partial charge in [0.2, 0.25) is 0 Å². The largest absolute Gasteiger partial charge is 0.481 e. The van der Waals surface area contributed by atoms with E-state index < -0.39 is 5.97 Å². The number of unbranched alkanes of at least 4 members (excludes halogenated alkanes) is 1. The van der Waals surface area contributed by atoms with Crippen LogP contribution in [0.5, 0.6) is 0 Å². The lowest BCUT2D eigenvalue weighted by atomic mass is 10.3. The second-order valence-corrected chi connectivity index (χ2v) is 2.86. The molecular weight excluding hydrogens is 170 g/mol. The topological polar surface area (TPSA) is 58.6 Å². The zero-order valence-electron chi connectivity index (χ0n) is 8.21. The van der Waals surface area contributed by atoms with Crippen molar-refractivity contribution in [1.82, 2.24) is 5.32 Å². The number of carbonyl (C=O) groups is 1. The first-order valence-corrected chi connectivity index (χ1v) is 4.77. The van der Waals surface area contributed by atoms with Gasteiger partial charge in [-0.1, -0.05) is 13.3 Å². The van der Waals surface area contributed by atoms with E-state index in [-0.39, 0.29) is 0 Å². The number of ether oxygens (including phenoxy) is 1. The molecule has 0 saturated carbocycles. The molecule has 13 heavy (non-hydrogen) atoms. The van der Waals surface area contributed by atoms with Gasteiger partial charge < -0.3 is 15.2 Å². The molecule has 0 aliphatic carbocycles. The zero-order chi connectivity index (χ0) is 9.94. The molecule has 1 fully saturated rings. The molecule has 2 N–H and O–H groups in total. The third-order valence-electron chi connectivity index (χ3n) is 1.59. The van der Waals surface area contributed by atoms with Crippen LogP contribution in [-0.2, 0) is 9.53 Å². The minimum atomic E-state index is -0.693. The molecule has 0 aromatic carbocycles. The maximum atomic E-state index is 9.76. The summed E-state index contributed by atoms with van der Waals surface area (Å²) in [4.78, 5) is 9.76. The Bertz CT molecular complexity index is 113. The lowest BCUT2D eigenvalue weighted by Gasteiger charge is -2.10. The van der Waals surface area contributed by atoms with Crippen molar-refractivity contribution < 1.29 is 14.6 Å². The molecule has 1 heterocycles. The Morgan fingerprint density at radius 1 is 1.46 bits per heavy atom. The quantitative estimate of drug-likeness (QED) is 0.691. The lowest BCUT2D eigenvalue weighted by molar-refractivity contribution is -0.137. The summed E-state index contributed by atoms with van der Waals surface area (Å²) in [5.74, 6) is -0.693. The van der Waals surface area contributed by atoms with E-state index >= 15 is 0 Å². The fourth-order valence-corrected chi connectivity index (χ4v) is 0.844. The number of carboxylic acid groups (broad SMARTS) is 1. The molecule has 1 saturated heterocycles. The maximum absolute atomic E-state index is 9.76. The highest BCUT2D eigenvalue weighted by molar-refractivity contribution is 5.66. The van der Waals surface area contributed by atoms with Crippen molar-refractivity contribution in [3.63, 3.8) is 0 Å². The molecular formula is C9H19NO3. The molecule has 0 aromatic rings. The van der Waals surface area contributed by atoms with Crippen molar-refractivity contribution in [1.29, 1.82) is 0 Å². The average Bonchev–Trinajstić information content (AvgIpc) is 2.18. The summed E-state index contributed by atoms with van der Waals surface area (Å²) in [7, 11) is 0. The van der Waals surface area contributed by atoms with Gasteiger partial charge in [-0.05, 0) is 6.42 Å². The van der Waals surface area contributed by atoms with Crippen LogP contribution in [0.25, 0.3) is 0 Å². The summed E-state index contributed by atoms with van der Waals surface area (Å²) >= 11 is 0. The Morgan fingerprint density at radius 2 is 2.08 bits per heavy atom. The monoisotopic (exact) mass is 189 g/mol. The third-order valence-corrected chi connectivity index (χ3v) is 1.59. The second-order valence-electron chi connectivity index (χ2n) is 2.86. The first-order chi connectivity index (χ1) is 6.27. The van der Waals surface area contributed by atoms with Gasteiger partial charge in [-0.2, -0.15) is 0 Å². The van der Waals surface area contributed by atoms with Gasteiger partial charge in [0.1, 0.15) is 0 Å². The first kappa shape index (κ1) is 12.4. The summed E-state index contributed by atoms with van der Waals surface area (Å²) < 4.78 is 5.01. The fraction of sp³-hybridized carbons (Fsp3) is 0.889. The standard InChI is InChI=1S/C5H10O2.C4H9NO/c1-2-3-4-5(6)7;1-3-6-4-2-5-1/h2-4H2,1H3,(H,6,7);5H,1-4H2. The van der Waals surface area contributed by atoms with Gasteiger partial charge in [0.15, 0.2) is 0 Å². The minimum absolute atomic E-state index is 0.316. The van der Waals surface area contributed by atoms with Crippen molar-refractivity contribution in [2.75, 3.05) is 26.3 Å². The molecule has 0 bridgehead atoms. The Morgan fingerprint density at radius 3 is 2.23 bits per heavy atom. The van der Waals surface area contributed by atoms with Crippen LogP contribution in [0.3, 0.4) is 0 Å². The first-order valence-electron chi connectivity index (χ1n) is 4.77. The van der Waals surface area contributed by atoms with E-state index in [4.69, 9.17) is 9.84 Å². The molecule has 1 aliphatic heterocycles. The molecule has 0 radical (unpaired) electrons. The predicted molar refractivity (Wildman–Crippen MR) is 50.8 cm³/mol. The molecule has 0 amide bonds. The van der Waals surface area contributed by atoms with Crippen LogP contribution in [0.15, 0.2) is 0 Å². The van der Waals surface area contributed by atoms with Gasteiger partial charge in [0.05, 0.1) is 13.2 Å². The summed E-state index contributed by atoms with van der Waals surface area (Å²) in [5, 5.41) is 11.2. The van der Waals surface area contributed by atoms with Gasteiger partial charge in [0.25, 0.3) is 0 Å². The number of rotatable bonds is 3. The molecule has 0 atom stereocenters. The third kappa shape index (κ3) is 11.4. The Labute approximate surface area is 79.3 Å². The average molecular weight is 189 g/mol. The van der Waals surface area contributed by atoms with Crippen molar-refractivity contribution >= 4 is 5.97 Å². The van der Waals surface area contributed by atoms with E-state index in [1.807, 2.05) is 6.92 Å². The van der Waals surface area contributed by atoms with Crippen LogP contribution in [-0.4, -0.2) is 37.4 Å². The fourth-order valence-electron chi connectivity index (χ4n) is 0.844. The highest BCUT2D eigenvalue weighted by atomic mass is 16.5. The normalized spacial score (nSPS) is 15.8. The highest BCUT2D eigenvalue weighted by Crippen LogP contribution is 1.91. The highest BCUT2D eigenvalue weighted by Gasteiger charge is 1.93. The van der Waals surface area contributed by atoms with Crippen molar-refractivity contribution in [2.24, 2.45) is 0 Å². The van der Waals surface area contributed by atoms with Crippen LogP contribution in [0.4, 0.5) is 0 Å². The summed E-state index contributed by atoms with van der Waals surface area (Å²) in [6, 6.07) is 0. The summed E-state index contributed by atoms with van der Waals surface area (Å²) in [6.07, 6.45) is 2.08. The number of aliphatic carboxylic acids is 1. The number of morpholine rings is 1. The Balaban J connectivity index is 0.000000223. The molecule has 4 heteroatoms. The van der Waals surface area contributed by atoms with Gasteiger partial charge in [-0.3, -0.25) is 4.79 Å². The zero-order valence-corrected chi connectivity index (χ0v) is 8.21. The minimum Gasteiger partial charge on any atom is -0.481 e. The second kappa shape index (κ2) is 9.48. The molecule has 78 valence electrons. The van der Waals surface area contributed by atoms with Crippen LogP contribution < -0.4 is 5.32 Å². The SMILES string of the molecule is C1COCCN1.CCCCC(=O)O. The van der Waals surface area contributed by atoms with Gasteiger partial charge in [0, 0.05) is 19.5 Å². The summed E-state index contributed by atoms with van der Waals surface area (Å²) in [6.45, 7) is 5.81. The van der Waals surface area contributed by atoms with E-state index in [2.05, 4.69) is 5.32 Å². The van der Waals surface area contributed by atoms with Crippen molar-refractivity contribution in [3.8, 4) is 0 Å². The van der Waals surface area contributed by atoms with Crippen molar-refractivity contribution in [2.45, 2.75) is 26.2 Å². The molecule has 0 unspecified atom stereocenters. The van der Waals surface area contributed by atoms with Gasteiger partial charge in [-0.15, -0.1) is 0 Å². The molecule has 1 aliphatic rings. The van der Waals surface area contributed by atoms with Crippen LogP contribution in [0, 0.1) is 0 Å². The van der Waals surface area contributed by atoms with E-state index in [0.29, 0.717) is 6.42 Å². The number of hydrogen-bond acceptors (Lipinski definition) is 3. The summed E-state index contributed by atoms with van der Waals surface area (Å²) in [5.41, 5.74) is 0. The van der Waals surface area contributed by atoms with Crippen molar-refractivity contribution in [3.05, 3.63) is 0 Å². The Hall–Kier alpha value is -0.610. The molecule has 0 spiro atoms. The van der Waals surface area contributed by atoms with Crippen LogP contribution in [0.2, 0.25) is 0 Å². The maximum Gasteiger partial charge on any atom is 0.303 e. The number of hydrogen-bond donors (Lipinski definition) is 2. The van der Waals surface area contributed by atoms with E-state index in [0.717, 1.165) is 39.1 Å². The number of nitrogens with one attached hydrogen (secondary N) is 1. The molecule has 1 rings (SSSR count). The lowest BCUT2D eigenvalue weighted by Crippen LogP contribution is -2.30. The number of carboxylic acids is 1. The smallest absolute Gasteiger partial charge is 0.303 e. The van der Waals surface area contributed by atoms with Crippen LogP contribution in [0.1, 0.15) is 26.2 Å². The predicted octanol–water partition coefficient (Wildman–Crippen LogP) is 0.867. The van der Waals surface area contributed by atoms with E-state index in [1.54, 1.807) is 0 Å². The Kier molecular flexibility index (Phi) is 9.03. The molecule has 0 aromatic heterocycles. The molecule has 4 nitrogen and oxygen atoms in total. The van der Waals surface area contributed by atoms with E-state index in [9.17, 15) is 4.79 Å². The van der Waals surface area contributed by atoms with E-state index in [1.165, 1.54) is 0 Å².